The number of aromatic nitrogens is 4. The summed E-state index contributed by atoms with van der Waals surface area (Å²) in [5.74, 6) is 0.884. The number of hydrogen-bond donors (Lipinski definition) is 1. The molecule has 0 radical (unpaired) electrons. The van der Waals surface area contributed by atoms with Crippen LogP contribution in [-0.2, 0) is 13.1 Å². The third-order valence-electron chi connectivity index (χ3n) is 4.97. The molecule has 6 nitrogen and oxygen atoms in total. The average molecular weight is 349 g/mol. The lowest BCUT2D eigenvalue weighted by Crippen LogP contribution is -2.32. The number of nitrogens with zero attached hydrogens (tertiary/aromatic N) is 5. The molecule has 26 heavy (non-hydrogen) atoms. The highest BCUT2D eigenvalue weighted by molar-refractivity contribution is 5.30. The summed E-state index contributed by atoms with van der Waals surface area (Å²) >= 11 is 0. The van der Waals surface area contributed by atoms with Crippen LogP contribution in [-0.4, -0.2) is 43.1 Å². The van der Waals surface area contributed by atoms with Crippen LogP contribution in [0.4, 0.5) is 0 Å². The molecule has 0 aliphatic carbocycles. The minimum atomic E-state index is 0.357. The number of hydrogen-bond acceptors (Lipinski definition) is 5. The van der Waals surface area contributed by atoms with Gasteiger partial charge in [0, 0.05) is 18.9 Å². The first-order valence-corrected chi connectivity index (χ1v) is 9.05. The smallest absolute Gasteiger partial charge is 0.115 e. The standard InChI is InChI=1S/C20H23N5O/c26-20-5-1-4-18(11-20)17-6-9-24(10-7-17)14-19-15-25(23-22-19)13-16-3-2-8-21-12-16/h1-5,8,11-12,15,17,26H,6-7,9-10,13-14H2. The number of pyridine rings is 1. The van der Waals surface area contributed by atoms with E-state index in [0.29, 0.717) is 18.2 Å². The lowest BCUT2D eigenvalue weighted by atomic mass is 9.89. The van der Waals surface area contributed by atoms with Crippen LogP contribution in [0.3, 0.4) is 0 Å². The van der Waals surface area contributed by atoms with Gasteiger partial charge in [0.05, 0.1) is 18.4 Å². The monoisotopic (exact) mass is 349 g/mol. The van der Waals surface area contributed by atoms with Gasteiger partial charge in [-0.2, -0.15) is 0 Å². The Hall–Kier alpha value is -2.73. The van der Waals surface area contributed by atoms with Gasteiger partial charge >= 0.3 is 0 Å². The molecule has 2 aromatic heterocycles. The minimum Gasteiger partial charge on any atom is -0.508 e. The van der Waals surface area contributed by atoms with Crippen LogP contribution in [0, 0.1) is 0 Å². The predicted molar refractivity (Wildman–Crippen MR) is 98.7 cm³/mol. The number of likely N-dealkylation sites (tertiary alicyclic amines) is 1. The zero-order valence-electron chi connectivity index (χ0n) is 14.7. The van der Waals surface area contributed by atoms with Crippen LogP contribution in [0.2, 0.25) is 0 Å². The van der Waals surface area contributed by atoms with Gasteiger partial charge in [0.2, 0.25) is 0 Å². The zero-order chi connectivity index (χ0) is 17.8. The van der Waals surface area contributed by atoms with E-state index in [1.54, 1.807) is 12.3 Å². The summed E-state index contributed by atoms with van der Waals surface area (Å²) in [6, 6.07) is 11.6. The Labute approximate surface area is 153 Å². The van der Waals surface area contributed by atoms with E-state index in [2.05, 4.69) is 26.3 Å². The maximum absolute atomic E-state index is 9.67. The highest BCUT2D eigenvalue weighted by atomic mass is 16.3. The highest BCUT2D eigenvalue weighted by Crippen LogP contribution is 2.30. The molecule has 1 saturated heterocycles. The van der Waals surface area contributed by atoms with Crippen molar-refractivity contribution in [1.82, 2.24) is 24.9 Å². The molecule has 0 spiro atoms. The van der Waals surface area contributed by atoms with Gasteiger partial charge in [0.15, 0.2) is 0 Å². The van der Waals surface area contributed by atoms with Gasteiger partial charge in [-0.05, 0) is 61.2 Å². The summed E-state index contributed by atoms with van der Waals surface area (Å²) in [7, 11) is 0. The van der Waals surface area contributed by atoms with Crippen LogP contribution >= 0.6 is 0 Å². The summed E-state index contributed by atoms with van der Waals surface area (Å²) < 4.78 is 1.87. The summed E-state index contributed by atoms with van der Waals surface area (Å²) in [4.78, 5) is 6.56. The molecule has 0 atom stereocenters. The van der Waals surface area contributed by atoms with Crippen molar-refractivity contribution in [3.05, 3.63) is 71.8 Å². The van der Waals surface area contributed by atoms with E-state index in [-0.39, 0.29) is 0 Å². The first kappa shape index (κ1) is 16.7. The van der Waals surface area contributed by atoms with E-state index >= 15 is 0 Å². The number of piperidine rings is 1. The molecule has 1 N–H and O–H groups in total. The van der Waals surface area contributed by atoms with Crippen molar-refractivity contribution >= 4 is 0 Å². The molecule has 0 unspecified atom stereocenters. The first-order chi connectivity index (χ1) is 12.8. The summed E-state index contributed by atoms with van der Waals surface area (Å²) in [5, 5.41) is 18.2. The van der Waals surface area contributed by atoms with Crippen LogP contribution in [0.25, 0.3) is 0 Å². The Morgan fingerprint density at radius 1 is 1.08 bits per heavy atom. The van der Waals surface area contributed by atoms with Crippen molar-refractivity contribution in [2.24, 2.45) is 0 Å². The molecule has 0 bridgehead atoms. The summed E-state index contributed by atoms with van der Waals surface area (Å²) in [6.45, 7) is 3.60. The Morgan fingerprint density at radius 3 is 2.73 bits per heavy atom. The molecular formula is C20H23N5O. The Bertz CT molecular complexity index is 840. The fourth-order valence-corrected chi connectivity index (χ4v) is 3.60. The van der Waals surface area contributed by atoms with Crippen molar-refractivity contribution in [3.63, 3.8) is 0 Å². The summed E-state index contributed by atoms with van der Waals surface area (Å²) in [5.41, 5.74) is 3.37. The molecule has 1 aliphatic heterocycles. The molecule has 1 fully saturated rings. The SMILES string of the molecule is Oc1cccc(C2CCN(Cc3cn(Cc4cccnc4)nn3)CC2)c1. The van der Waals surface area contributed by atoms with Gasteiger partial charge in [-0.3, -0.25) is 9.88 Å². The molecule has 3 heterocycles. The van der Waals surface area contributed by atoms with E-state index in [0.717, 1.165) is 43.7 Å². The van der Waals surface area contributed by atoms with E-state index < -0.39 is 0 Å². The predicted octanol–water partition coefficient (Wildman–Crippen LogP) is 2.81. The Balaban J connectivity index is 1.31. The van der Waals surface area contributed by atoms with Crippen LogP contribution in [0.5, 0.6) is 5.75 Å². The van der Waals surface area contributed by atoms with E-state index in [9.17, 15) is 5.11 Å². The van der Waals surface area contributed by atoms with Gasteiger partial charge in [-0.25, -0.2) is 4.68 Å². The normalized spacial score (nSPS) is 16.0. The zero-order valence-corrected chi connectivity index (χ0v) is 14.7. The van der Waals surface area contributed by atoms with Gasteiger partial charge < -0.3 is 5.11 Å². The van der Waals surface area contributed by atoms with Crippen molar-refractivity contribution in [2.75, 3.05) is 13.1 Å². The molecule has 4 rings (SSSR count). The van der Waals surface area contributed by atoms with Gasteiger partial charge in [0.1, 0.15) is 5.75 Å². The third-order valence-corrected chi connectivity index (χ3v) is 4.97. The van der Waals surface area contributed by atoms with Crippen molar-refractivity contribution < 1.29 is 5.11 Å². The minimum absolute atomic E-state index is 0.357. The molecule has 1 aliphatic rings. The van der Waals surface area contributed by atoms with Crippen LogP contribution < -0.4 is 0 Å². The third kappa shape index (κ3) is 4.08. The van der Waals surface area contributed by atoms with E-state index in [1.165, 1.54) is 5.56 Å². The van der Waals surface area contributed by atoms with Crippen molar-refractivity contribution in [3.8, 4) is 5.75 Å². The lowest BCUT2D eigenvalue weighted by molar-refractivity contribution is 0.202. The largest absolute Gasteiger partial charge is 0.508 e. The van der Waals surface area contributed by atoms with Crippen LogP contribution in [0.15, 0.2) is 55.0 Å². The average Bonchev–Trinajstić information content (AvgIpc) is 3.10. The quantitative estimate of drug-likeness (QED) is 0.767. The Kier molecular flexibility index (Phi) is 4.93. The lowest BCUT2D eigenvalue weighted by Gasteiger charge is -2.31. The van der Waals surface area contributed by atoms with Gasteiger partial charge in [-0.15, -0.1) is 5.10 Å². The summed E-state index contributed by atoms with van der Waals surface area (Å²) in [6.07, 6.45) is 7.86. The van der Waals surface area contributed by atoms with Crippen molar-refractivity contribution in [2.45, 2.75) is 31.8 Å². The van der Waals surface area contributed by atoms with Gasteiger partial charge in [-0.1, -0.05) is 23.4 Å². The maximum atomic E-state index is 9.67. The molecule has 0 amide bonds. The second-order valence-electron chi connectivity index (χ2n) is 6.91. The Morgan fingerprint density at radius 2 is 1.96 bits per heavy atom. The fourth-order valence-electron chi connectivity index (χ4n) is 3.60. The molecule has 134 valence electrons. The number of phenolic OH excluding ortho intramolecular Hbond substituents is 1. The second kappa shape index (κ2) is 7.66. The fraction of sp³-hybridized carbons (Fsp3) is 0.350. The number of aromatic hydroxyl groups is 1. The molecule has 0 saturated carbocycles. The van der Waals surface area contributed by atoms with E-state index in [4.69, 9.17) is 0 Å². The number of phenols is 1. The maximum Gasteiger partial charge on any atom is 0.115 e. The van der Waals surface area contributed by atoms with E-state index in [1.807, 2.05) is 41.3 Å². The van der Waals surface area contributed by atoms with Gasteiger partial charge in [0.25, 0.3) is 0 Å². The topological polar surface area (TPSA) is 67.1 Å². The molecule has 1 aromatic carbocycles. The molecular weight excluding hydrogens is 326 g/mol. The van der Waals surface area contributed by atoms with Crippen molar-refractivity contribution in [1.29, 1.82) is 0 Å². The highest BCUT2D eigenvalue weighted by Gasteiger charge is 2.21. The molecule has 3 aromatic rings. The first-order valence-electron chi connectivity index (χ1n) is 9.05. The van der Waals surface area contributed by atoms with Crippen LogP contribution in [0.1, 0.15) is 35.6 Å². The number of rotatable bonds is 5. The molecule has 6 heteroatoms. The number of benzene rings is 1. The second-order valence-corrected chi connectivity index (χ2v) is 6.91.